The van der Waals surface area contributed by atoms with E-state index in [2.05, 4.69) is 10.6 Å². The summed E-state index contributed by atoms with van der Waals surface area (Å²) < 4.78 is 10.7. The van der Waals surface area contributed by atoms with E-state index in [0.717, 1.165) is 16.9 Å². The quantitative estimate of drug-likeness (QED) is 0.516. The first-order chi connectivity index (χ1) is 13.5. The zero-order valence-corrected chi connectivity index (χ0v) is 16.3. The Morgan fingerprint density at radius 2 is 1.68 bits per heavy atom. The molecule has 3 rings (SSSR count). The maximum atomic E-state index is 12.5. The van der Waals surface area contributed by atoms with Crippen molar-refractivity contribution < 1.29 is 19.1 Å². The monoisotopic (exact) mass is 382 g/mol. The van der Waals surface area contributed by atoms with Crippen molar-refractivity contribution in [2.45, 2.75) is 26.3 Å². The van der Waals surface area contributed by atoms with Crippen molar-refractivity contribution >= 4 is 11.8 Å². The second kappa shape index (κ2) is 8.78. The van der Waals surface area contributed by atoms with Gasteiger partial charge in [0.2, 0.25) is 11.8 Å². The highest BCUT2D eigenvalue weighted by Crippen LogP contribution is 2.46. The molecule has 0 radical (unpaired) electrons. The maximum Gasteiger partial charge on any atom is 0.235 e. The van der Waals surface area contributed by atoms with Gasteiger partial charge in [0, 0.05) is 6.54 Å². The molecule has 1 fully saturated rings. The average molecular weight is 382 g/mol. The van der Waals surface area contributed by atoms with Crippen molar-refractivity contribution in [3.05, 3.63) is 59.7 Å². The largest absolute Gasteiger partial charge is 0.497 e. The summed E-state index contributed by atoms with van der Waals surface area (Å²) in [6, 6.07) is 15.2. The molecule has 0 saturated heterocycles. The van der Waals surface area contributed by atoms with Gasteiger partial charge in [0.25, 0.3) is 0 Å². The summed E-state index contributed by atoms with van der Waals surface area (Å²) >= 11 is 0. The van der Waals surface area contributed by atoms with Crippen molar-refractivity contribution in [3.8, 4) is 11.5 Å². The van der Waals surface area contributed by atoms with Crippen LogP contribution in [0.2, 0.25) is 0 Å². The Labute approximate surface area is 165 Å². The van der Waals surface area contributed by atoms with Crippen LogP contribution >= 0.6 is 0 Å². The Bertz CT molecular complexity index is 829. The minimum atomic E-state index is -0.927. The molecule has 0 spiro atoms. The van der Waals surface area contributed by atoms with Crippen molar-refractivity contribution in [1.29, 1.82) is 0 Å². The predicted molar refractivity (Wildman–Crippen MR) is 106 cm³/mol. The highest BCUT2D eigenvalue weighted by atomic mass is 16.5. The van der Waals surface area contributed by atoms with Crippen molar-refractivity contribution in [1.82, 2.24) is 10.6 Å². The van der Waals surface area contributed by atoms with E-state index in [4.69, 9.17) is 9.47 Å². The number of carbonyl (C=O) groups excluding carboxylic acids is 2. The molecule has 2 N–H and O–H groups in total. The van der Waals surface area contributed by atoms with Gasteiger partial charge in [0.15, 0.2) is 0 Å². The highest BCUT2D eigenvalue weighted by molar-refractivity contribution is 6.07. The SMILES string of the molecule is COc1ccc(OCCNC(=O)C2(C(=O)NCc3cccc(C)c3)CC2)cc1. The lowest BCUT2D eigenvalue weighted by atomic mass is 10.0. The van der Waals surface area contributed by atoms with Gasteiger partial charge in [0.05, 0.1) is 13.7 Å². The second-order valence-corrected chi connectivity index (χ2v) is 7.03. The molecule has 0 aromatic heterocycles. The summed E-state index contributed by atoms with van der Waals surface area (Å²) in [6.07, 6.45) is 1.16. The number of nitrogens with one attached hydrogen (secondary N) is 2. The lowest BCUT2D eigenvalue weighted by Gasteiger charge is -2.16. The van der Waals surface area contributed by atoms with Gasteiger partial charge < -0.3 is 20.1 Å². The van der Waals surface area contributed by atoms with Crippen LogP contribution in [0, 0.1) is 12.3 Å². The molecule has 1 aliphatic carbocycles. The van der Waals surface area contributed by atoms with Crippen LogP contribution in [0.4, 0.5) is 0 Å². The van der Waals surface area contributed by atoms with Gasteiger partial charge in [0.1, 0.15) is 23.5 Å². The molecule has 6 nitrogen and oxygen atoms in total. The number of hydrogen-bond donors (Lipinski definition) is 2. The van der Waals surface area contributed by atoms with Gasteiger partial charge in [-0.1, -0.05) is 29.8 Å². The number of carbonyl (C=O) groups is 2. The normalized spacial score (nSPS) is 14.1. The molecule has 0 heterocycles. The van der Waals surface area contributed by atoms with E-state index in [1.54, 1.807) is 7.11 Å². The van der Waals surface area contributed by atoms with E-state index >= 15 is 0 Å². The van der Waals surface area contributed by atoms with Crippen LogP contribution in [0.5, 0.6) is 11.5 Å². The molecular formula is C22H26N2O4. The fraction of sp³-hybridized carbons (Fsp3) is 0.364. The topological polar surface area (TPSA) is 76.7 Å². The zero-order valence-electron chi connectivity index (χ0n) is 16.3. The lowest BCUT2D eigenvalue weighted by Crippen LogP contribution is -2.43. The van der Waals surface area contributed by atoms with Crippen molar-refractivity contribution in [3.63, 3.8) is 0 Å². The number of aryl methyl sites for hydroxylation is 1. The number of methoxy groups -OCH3 is 1. The van der Waals surface area contributed by atoms with E-state index in [1.165, 1.54) is 0 Å². The summed E-state index contributed by atoms with van der Waals surface area (Å²) in [5.74, 6) is 1.02. The Balaban J connectivity index is 1.42. The zero-order chi connectivity index (χ0) is 20.0. The number of benzene rings is 2. The van der Waals surface area contributed by atoms with Crippen LogP contribution < -0.4 is 20.1 Å². The summed E-state index contributed by atoms with van der Waals surface area (Å²) in [4.78, 5) is 25.0. The highest BCUT2D eigenvalue weighted by Gasteiger charge is 2.56. The van der Waals surface area contributed by atoms with Gasteiger partial charge in [-0.25, -0.2) is 0 Å². The van der Waals surface area contributed by atoms with Crippen molar-refractivity contribution in [2.24, 2.45) is 5.41 Å². The standard InChI is InChI=1S/C22H26N2O4/c1-16-4-3-5-17(14-16)15-24-21(26)22(10-11-22)20(25)23-12-13-28-19-8-6-18(27-2)7-9-19/h3-9,14H,10-13,15H2,1-2H3,(H,23,25)(H,24,26). The fourth-order valence-corrected chi connectivity index (χ4v) is 3.03. The summed E-state index contributed by atoms with van der Waals surface area (Å²) in [5, 5.41) is 5.71. The molecule has 28 heavy (non-hydrogen) atoms. The smallest absolute Gasteiger partial charge is 0.235 e. The Hall–Kier alpha value is -3.02. The molecule has 1 aliphatic rings. The minimum absolute atomic E-state index is 0.206. The average Bonchev–Trinajstić information content (AvgIpc) is 3.52. The van der Waals surface area contributed by atoms with Crippen LogP contribution in [0.25, 0.3) is 0 Å². The Kier molecular flexibility index (Phi) is 6.19. The van der Waals surface area contributed by atoms with Crippen molar-refractivity contribution in [2.75, 3.05) is 20.3 Å². The van der Waals surface area contributed by atoms with Gasteiger partial charge in [-0.15, -0.1) is 0 Å². The molecule has 2 amide bonds. The van der Waals surface area contributed by atoms with Gasteiger partial charge in [-0.05, 0) is 49.6 Å². The number of amides is 2. The Morgan fingerprint density at radius 3 is 2.32 bits per heavy atom. The summed E-state index contributed by atoms with van der Waals surface area (Å²) in [5.41, 5.74) is 1.24. The van der Waals surface area contributed by atoms with E-state index < -0.39 is 5.41 Å². The second-order valence-electron chi connectivity index (χ2n) is 7.03. The lowest BCUT2D eigenvalue weighted by molar-refractivity contribution is -0.137. The predicted octanol–water partition coefficient (Wildman–Crippen LogP) is 2.60. The van der Waals surface area contributed by atoms with Crippen LogP contribution in [-0.4, -0.2) is 32.1 Å². The molecule has 0 unspecified atom stereocenters. The first-order valence-corrected chi connectivity index (χ1v) is 9.42. The fourth-order valence-electron chi connectivity index (χ4n) is 3.03. The molecule has 1 saturated carbocycles. The van der Waals surface area contributed by atoms with E-state index in [-0.39, 0.29) is 11.8 Å². The molecular weight excluding hydrogens is 356 g/mol. The third kappa shape index (κ3) is 4.82. The van der Waals surface area contributed by atoms with Crippen LogP contribution in [0.15, 0.2) is 48.5 Å². The molecule has 6 heteroatoms. The van der Waals surface area contributed by atoms with Gasteiger partial charge in [-0.2, -0.15) is 0 Å². The third-order valence-corrected chi connectivity index (χ3v) is 4.87. The Morgan fingerprint density at radius 1 is 1.00 bits per heavy atom. The molecule has 148 valence electrons. The molecule has 2 aromatic rings. The minimum Gasteiger partial charge on any atom is -0.497 e. The van der Waals surface area contributed by atoms with Crippen LogP contribution in [-0.2, 0) is 16.1 Å². The number of hydrogen-bond acceptors (Lipinski definition) is 4. The van der Waals surface area contributed by atoms with E-state index in [9.17, 15) is 9.59 Å². The number of rotatable bonds is 9. The van der Waals surface area contributed by atoms with Crippen LogP contribution in [0.1, 0.15) is 24.0 Å². The molecule has 0 aliphatic heterocycles. The van der Waals surface area contributed by atoms with E-state index in [0.29, 0.717) is 38.3 Å². The number of ether oxygens (including phenoxy) is 2. The summed E-state index contributed by atoms with van der Waals surface area (Å²) in [7, 11) is 1.61. The first-order valence-electron chi connectivity index (χ1n) is 9.42. The van der Waals surface area contributed by atoms with Gasteiger partial charge >= 0.3 is 0 Å². The molecule has 0 bridgehead atoms. The third-order valence-electron chi connectivity index (χ3n) is 4.87. The van der Waals surface area contributed by atoms with E-state index in [1.807, 2.05) is 55.5 Å². The maximum absolute atomic E-state index is 12.5. The molecule has 2 aromatic carbocycles. The molecule has 0 atom stereocenters. The first kappa shape index (κ1) is 19.7. The van der Waals surface area contributed by atoms with Gasteiger partial charge in [-0.3, -0.25) is 9.59 Å². The summed E-state index contributed by atoms with van der Waals surface area (Å²) in [6.45, 7) is 3.11. The van der Waals surface area contributed by atoms with Crippen LogP contribution in [0.3, 0.4) is 0 Å².